The predicted octanol–water partition coefficient (Wildman–Crippen LogP) is 9.73. The van der Waals surface area contributed by atoms with Crippen LogP contribution in [0.15, 0.2) is 107 Å². The number of rotatable bonds is 7. The fourth-order valence-corrected chi connectivity index (χ4v) is 5.73. The van der Waals surface area contributed by atoms with Gasteiger partial charge < -0.3 is 4.57 Å². The van der Waals surface area contributed by atoms with Gasteiger partial charge in [0.15, 0.2) is 0 Å². The summed E-state index contributed by atoms with van der Waals surface area (Å²) in [6.45, 7) is -0.634. The average molecular weight is 691 g/mol. The van der Waals surface area contributed by atoms with Crippen molar-refractivity contribution in [3.63, 3.8) is 0 Å². The van der Waals surface area contributed by atoms with Gasteiger partial charge >= 0.3 is 12.4 Å². The molecule has 1 aromatic heterocycles. The molecule has 14 heteroatoms. The van der Waals surface area contributed by atoms with Gasteiger partial charge in [-0.15, -0.1) is 11.8 Å². The van der Waals surface area contributed by atoms with Crippen molar-refractivity contribution in [3.05, 3.63) is 147 Å². The van der Waals surface area contributed by atoms with E-state index in [0.717, 1.165) is 34.4 Å². The highest BCUT2D eigenvalue weighted by Gasteiger charge is 2.37. The van der Waals surface area contributed by atoms with Crippen LogP contribution in [0.4, 0.5) is 35.1 Å². The van der Waals surface area contributed by atoms with E-state index in [1.54, 1.807) is 6.07 Å². The second kappa shape index (κ2) is 14.8. The molecule has 1 heterocycles. The Bertz CT molecular complexity index is 2000. The number of hydrogen-bond donors (Lipinski definition) is 2. The van der Waals surface area contributed by atoms with Crippen LogP contribution in [0, 0.1) is 23.0 Å². The van der Waals surface area contributed by atoms with E-state index in [1.165, 1.54) is 42.1 Å². The van der Waals surface area contributed by atoms with E-state index in [0.29, 0.717) is 28.3 Å². The maximum Gasteiger partial charge on any atom is 0.417 e. The molecular weight excluding hydrogens is 668 g/mol. The summed E-state index contributed by atoms with van der Waals surface area (Å²) in [5.74, 6) is -1.56. The summed E-state index contributed by atoms with van der Waals surface area (Å²) in [6, 6.07) is 22.4. The molecule has 5 aromatic rings. The largest absolute Gasteiger partial charge is 0.417 e. The van der Waals surface area contributed by atoms with Gasteiger partial charge in [-0.3, -0.25) is 15.3 Å². The lowest BCUT2D eigenvalue weighted by atomic mass is 9.99. The normalized spacial score (nSPS) is 11.4. The first-order valence-corrected chi connectivity index (χ1v) is 14.6. The third-order valence-electron chi connectivity index (χ3n) is 7.06. The molecule has 0 amide bonds. The van der Waals surface area contributed by atoms with Crippen molar-refractivity contribution in [2.24, 2.45) is 0 Å². The van der Waals surface area contributed by atoms with Crippen LogP contribution in [0.2, 0.25) is 0 Å². The zero-order chi connectivity index (χ0) is 35.2. The molecule has 0 spiro atoms. The van der Waals surface area contributed by atoms with Crippen LogP contribution in [0.5, 0.6) is 0 Å². The first kappa shape index (κ1) is 35.9. The molecule has 0 aliphatic heterocycles. The molecule has 0 aliphatic rings. The molecule has 48 heavy (non-hydrogen) atoms. The van der Waals surface area contributed by atoms with Gasteiger partial charge in [-0.2, -0.15) is 31.6 Å². The maximum absolute atomic E-state index is 14.5. The van der Waals surface area contributed by atoms with E-state index < -0.39 is 52.8 Å². The van der Waals surface area contributed by atoms with Gasteiger partial charge in [-0.1, -0.05) is 60.7 Å². The highest BCUT2D eigenvalue weighted by atomic mass is 32.2. The molecule has 0 unspecified atom stereocenters. The zero-order valence-electron chi connectivity index (χ0n) is 24.3. The number of nitriles is 1. The molecule has 248 valence electrons. The molecule has 5 rings (SSSR count). The van der Waals surface area contributed by atoms with Crippen molar-refractivity contribution >= 4 is 11.8 Å². The van der Waals surface area contributed by atoms with Crippen molar-refractivity contribution < 1.29 is 45.6 Å². The van der Waals surface area contributed by atoms with Crippen LogP contribution in [-0.2, 0) is 24.7 Å². The van der Waals surface area contributed by atoms with Crippen LogP contribution in [0.1, 0.15) is 27.8 Å². The number of hydrogen-bond acceptors (Lipinski definition) is 5. The van der Waals surface area contributed by atoms with E-state index >= 15 is 0 Å². The molecule has 0 saturated carbocycles. The molecule has 4 aromatic carbocycles. The summed E-state index contributed by atoms with van der Waals surface area (Å²) in [6.07, 6.45) is -9.74. The fourth-order valence-electron chi connectivity index (χ4n) is 4.78. The van der Waals surface area contributed by atoms with Crippen LogP contribution >= 0.6 is 11.8 Å². The number of pyridine rings is 1. The van der Waals surface area contributed by atoms with E-state index in [-0.39, 0.29) is 22.4 Å². The molecule has 0 bridgehead atoms. The topological polar surface area (TPSA) is 86.2 Å². The minimum absolute atomic E-state index is 0.0315. The zero-order valence-corrected chi connectivity index (χ0v) is 25.1. The molecule has 0 fully saturated rings. The van der Waals surface area contributed by atoms with Crippen molar-refractivity contribution in [2.75, 3.05) is 0 Å². The second-order valence-electron chi connectivity index (χ2n) is 10.2. The summed E-state index contributed by atoms with van der Waals surface area (Å²) in [7, 11) is 0. The molecule has 2 N–H and O–H groups in total. The number of aromatic nitrogens is 1. The van der Waals surface area contributed by atoms with Crippen LogP contribution < -0.4 is 5.56 Å². The minimum Gasteiger partial charge on any atom is -0.303 e. The average Bonchev–Trinajstić information content (AvgIpc) is 3.06. The van der Waals surface area contributed by atoms with Crippen LogP contribution in [0.25, 0.3) is 22.4 Å². The predicted molar refractivity (Wildman–Crippen MR) is 163 cm³/mol. The molecule has 0 saturated heterocycles. The Hall–Kier alpha value is -4.97. The molecule has 0 aliphatic carbocycles. The fraction of sp³-hybridized carbons (Fsp3) is 0.118. The van der Waals surface area contributed by atoms with Crippen molar-refractivity contribution in [1.29, 1.82) is 5.26 Å². The number of alkyl halides is 6. The van der Waals surface area contributed by atoms with Gasteiger partial charge in [-0.05, 0) is 52.6 Å². The monoisotopic (exact) mass is 690 g/mol. The maximum atomic E-state index is 14.5. The van der Waals surface area contributed by atoms with Gasteiger partial charge in [0.25, 0.3) is 5.56 Å². The lowest BCUT2D eigenvalue weighted by Gasteiger charge is -2.18. The standard InChI is InChI=1S/C34H20F8N2OS.H2O2/c35-26-11-10-23(30(36)15-26)18-44-31(16-29(34(40,41)42)28(17-43)32(44)45)22-8-6-21(7-9-22)24-12-25(33(37,38)39)14-27(13-24)46-19-20-4-2-1-3-5-20;1-2/h1-16H,18-19H2;1-2H. The van der Waals surface area contributed by atoms with Crippen LogP contribution in [0.3, 0.4) is 0 Å². The van der Waals surface area contributed by atoms with Gasteiger partial charge in [0.05, 0.1) is 23.4 Å². The second-order valence-corrected chi connectivity index (χ2v) is 11.2. The molecular formula is C34H22F8N2O3S. The number of nitrogens with zero attached hydrogens (tertiary/aromatic N) is 2. The summed E-state index contributed by atoms with van der Waals surface area (Å²) < 4.78 is 112. The van der Waals surface area contributed by atoms with E-state index in [9.17, 15) is 45.2 Å². The number of benzene rings is 4. The SMILES string of the molecule is N#Cc1c(C(F)(F)F)cc(-c2ccc(-c3cc(SCc4ccccc4)cc(C(F)(F)F)c3)cc2)n(Cc2ccc(F)cc2F)c1=O.OO. The van der Waals surface area contributed by atoms with Gasteiger partial charge in [0.1, 0.15) is 23.3 Å². The third-order valence-corrected chi connectivity index (χ3v) is 8.10. The highest BCUT2D eigenvalue weighted by Crippen LogP contribution is 2.38. The Kier molecular flexibility index (Phi) is 11.1. The van der Waals surface area contributed by atoms with Crippen molar-refractivity contribution in [1.82, 2.24) is 4.57 Å². The van der Waals surface area contributed by atoms with Crippen molar-refractivity contribution in [2.45, 2.75) is 29.5 Å². The van der Waals surface area contributed by atoms with E-state index in [4.69, 9.17) is 10.5 Å². The Balaban J connectivity index is 0.00000255. The number of thioether (sulfide) groups is 1. The Morgan fingerprint density at radius 2 is 1.40 bits per heavy atom. The van der Waals surface area contributed by atoms with Gasteiger partial charge in [-0.25, -0.2) is 8.78 Å². The first-order valence-electron chi connectivity index (χ1n) is 13.6. The van der Waals surface area contributed by atoms with Gasteiger partial charge in [0, 0.05) is 22.3 Å². The lowest BCUT2D eigenvalue weighted by molar-refractivity contribution is -0.176. The first-order chi connectivity index (χ1) is 22.7. The molecule has 5 nitrogen and oxygen atoms in total. The lowest BCUT2D eigenvalue weighted by Crippen LogP contribution is -2.29. The smallest absolute Gasteiger partial charge is 0.303 e. The highest BCUT2D eigenvalue weighted by molar-refractivity contribution is 7.98. The van der Waals surface area contributed by atoms with Gasteiger partial charge in [0.2, 0.25) is 0 Å². The van der Waals surface area contributed by atoms with E-state index in [2.05, 4.69) is 0 Å². The van der Waals surface area contributed by atoms with E-state index in [1.807, 2.05) is 30.3 Å². The summed E-state index contributed by atoms with van der Waals surface area (Å²) in [4.78, 5) is 13.5. The molecule has 0 radical (unpaired) electrons. The number of halogens is 8. The summed E-state index contributed by atoms with van der Waals surface area (Å²) in [5, 5.41) is 21.4. The molecule has 0 atom stereocenters. The summed E-state index contributed by atoms with van der Waals surface area (Å²) in [5.41, 5.74) is -4.08. The van der Waals surface area contributed by atoms with Crippen LogP contribution in [-0.4, -0.2) is 15.1 Å². The minimum atomic E-state index is -5.09. The Morgan fingerprint density at radius 1 is 0.750 bits per heavy atom. The van der Waals surface area contributed by atoms with Crippen molar-refractivity contribution in [3.8, 4) is 28.5 Å². The quantitative estimate of drug-likeness (QED) is 0.0769. The summed E-state index contributed by atoms with van der Waals surface area (Å²) >= 11 is 1.20. The Morgan fingerprint density at radius 3 is 1.98 bits per heavy atom. The Labute approximate surface area is 271 Å². The third kappa shape index (κ3) is 8.29.